The quantitative estimate of drug-likeness (QED) is 0.183. The summed E-state index contributed by atoms with van der Waals surface area (Å²) in [4.78, 5) is 0. The van der Waals surface area contributed by atoms with Gasteiger partial charge in [0.1, 0.15) is 66.1 Å². The summed E-state index contributed by atoms with van der Waals surface area (Å²) in [5.41, 5.74) is 0.983. The molecular formula is C26H34O14. The minimum absolute atomic E-state index is 0.0360. The first-order valence-corrected chi connectivity index (χ1v) is 12.8. The summed E-state index contributed by atoms with van der Waals surface area (Å²) < 4.78 is 33.9. The Hall–Kier alpha value is -2.34. The third kappa shape index (κ3) is 4.88. The van der Waals surface area contributed by atoms with E-state index in [1.54, 1.807) is 25.1 Å². The number of ether oxygens (including phenoxy) is 6. The lowest BCUT2D eigenvalue weighted by Crippen LogP contribution is -2.62. The van der Waals surface area contributed by atoms with E-state index in [0.717, 1.165) is 0 Å². The molecule has 2 aromatic rings. The van der Waals surface area contributed by atoms with Crippen LogP contribution in [0.25, 0.3) is 10.8 Å². The average Bonchev–Trinajstić information content (AvgIpc) is 3.35. The van der Waals surface area contributed by atoms with Crippen LogP contribution in [0.2, 0.25) is 0 Å². The number of aromatic hydroxyl groups is 1. The zero-order chi connectivity index (χ0) is 28.9. The molecule has 0 radical (unpaired) electrons. The molecule has 40 heavy (non-hydrogen) atoms. The molecule has 2 fully saturated rings. The SMILES string of the molecule is COc1cccc2c(OC3OC(COC4OC(CO)C(O)C(O)C4O)C(O)C(O)C3O)c3c(c(O)c12)C(C)OC3. The van der Waals surface area contributed by atoms with Gasteiger partial charge in [-0.1, -0.05) is 12.1 Å². The number of phenolic OH excluding ortho intramolecular Hbond substituents is 1. The molecule has 0 amide bonds. The summed E-state index contributed by atoms with van der Waals surface area (Å²) in [6.45, 7) is 0.682. The Morgan fingerprint density at radius 1 is 0.875 bits per heavy atom. The smallest absolute Gasteiger partial charge is 0.229 e. The summed E-state index contributed by atoms with van der Waals surface area (Å²) in [5.74, 6) is 0.548. The minimum atomic E-state index is -1.73. The number of fused-ring (bicyclic) bond motifs is 2. The third-order valence-electron chi connectivity index (χ3n) is 7.64. The molecule has 0 aliphatic carbocycles. The molecule has 0 saturated carbocycles. The Morgan fingerprint density at radius 3 is 2.20 bits per heavy atom. The van der Waals surface area contributed by atoms with Crippen LogP contribution < -0.4 is 9.47 Å². The van der Waals surface area contributed by atoms with Gasteiger partial charge in [-0.2, -0.15) is 0 Å². The van der Waals surface area contributed by atoms with Gasteiger partial charge in [-0.3, -0.25) is 0 Å². The highest BCUT2D eigenvalue weighted by atomic mass is 16.7. The van der Waals surface area contributed by atoms with Crippen molar-refractivity contribution in [2.24, 2.45) is 0 Å². The lowest BCUT2D eigenvalue weighted by Gasteiger charge is -2.42. The molecule has 3 heterocycles. The highest BCUT2D eigenvalue weighted by molar-refractivity contribution is 6.00. The van der Waals surface area contributed by atoms with Gasteiger partial charge in [0.15, 0.2) is 6.29 Å². The third-order valence-corrected chi connectivity index (χ3v) is 7.64. The number of benzene rings is 2. The maximum absolute atomic E-state index is 11.1. The molecule has 2 aromatic carbocycles. The van der Waals surface area contributed by atoms with E-state index in [9.17, 15) is 40.9 Å². The summed E-state index contributed by atoms with van der Waals surface area (Å²) >= 11 is 0. The van der Waals surface area contributed by atoms with E-state index in [2.05, 4.69) is 0 Å². The van der Waals surface area contributed by atoms with Gasteiger partial charge in [0, 0.05) is 16.5 Å². The number of hydrogen-bond acceptors (Lipinski definition) is 14. The highest BCUT2D eigenvalue weighted by Crippen LogP contribution is 2.50. The van der Waals surface area contributed by atoms with Gasteiger partial charge in [0.05, 0.1) is 38.4 Å². The standard InChI is InChI=1S/C26H34O14/c1-9-15-11(7-36-9)24(10-4-3-5-12(35-2)16(10)19(15)30)40-26-23(34)21(32)18(29)14(39-26)8-37-25-22(33)20(31)17(28)13(6-27)38-25/h3-5,9,13-14,17-18,20-23,25-34H,6-8H2,1-2H3. The van der Waals surface area contributed by atoms with E-state index in [0.29, 0.717) is 27.6 Å². The Labute approximate surface area is 228 Å². The first-order valence-electron chi connectivity index (χ1n) is 12.8. The van der Waals surface area contributed by atoms with Crippen LogP contribution in [0.5, 0.6) is 17.2 Å². The van der Waals surface area contributed by atoms with Crippen molar-refractivity contribution < 1.29 is 69.3 Å². The highest BCUT2D eigenvalue weighted by Gasteiger charge is 2.48. The van der Waals surface area contributed by atoms with E-state index >= 15 is 0 Å². The largest absolute Gasteiger partial charge is 0.507 e. The Bertz CT molecular complexity index is 1210. The molecule has 14 heteroatoms. The van der Waals surface area contributed by atoms with E-state index in [1.807, 2.05) is 0 Å². The van der Waals surface area contributed by atoms with Crippen molar-refractivity contribution in [2.75, 3.05) is 20.3 Å². The van der Waals surface area contributed by atoms with Crippen molar-refractivity contribution in [2.45, 2.75) is 81.0 Å². The van der Waals surface area contributed by atoms with Crippen LogP contribution in [-0.2, 0) is 25.6 Å². The molecule has 3 aliphatic rings. The molecule has 0 aromatic heterocycles. The second-order valence-electron chi connectivity index (χ2n) is 10.1. The van der Waals surface area contributed by atoms with Crippen molar-refractivity contribution in [3.63, 3.8) is 0 Å². The molecule has 11 atom stereocenters. The van der Waals surface area contributed by atoms with Crippen LogP contribution in [0.1, 0.15) is 24.2 Å². The molecule has 0 bridgehead atoms. The summed E-state index contributed by atoms with van der Waals surface area (Å²) in [5, 5.41) is 83.3. The van der Waals surface area contributed by atoms with Crippen molar-refractivity contribution in [3.8, 4) is 17.2 Å². The summed E-state index contributed by atoms with van der Waals surface area (Å²) in [7, 11) is 1.45. The molecule has 5 rings (SSSR count). The monoisotopic (exact) mass is 570 g/mol. The van der Waals surface area contributed by atoms with Crippen molar-refractivity contribution >= 4 is 10.8 Å². The zero-order valence-electron chi connectivity index (χ0n) is 21.7. The van der Waals surface area contributed by atoms with E-state index < -0.39 is 80.7 Å². The summed E-state index contributed by atoms with van der Waals surface area (Å²) in [6.07, 6.45) is -16.1. The van der Waals surface area contributed by atoms with Gasteiger partial charge in [-0.25, -0.2) is 0 Å². The molecule has 14 nitrogen and oxygen atoms in total. The Balaban J connectivity index is 1.41. The number of rotatable bonds is 7. The molecule has 11 unspecified atom stereocenters. The van der Waals surface area contributed by atoms with Crippen molar-refractivity contribution in [1.82, 2.24) is 0 Å². The normalized spacial score (nSPS) is 37.9. The first kappa shape index (κ1) is 29.2. The second-order valence-corrected chi connectivity index (χ2v) is 10.1. The summed E-state index contributed by atoms with van der Waals surface area (Å²) in [6, 6.07) is 5.03. The van der Waals surface area contributed by atoms with Crippen LogP contribution >= 0.6 is 0 Å². The number of aliphatic hydroxyl groups excluding tert-OH is 7. The molecule has 0 spiro atoms. The Morgan fingerprint density at radius 2 is 1.52 bits per heavy atom. The zero-order valence-corrected chi connectivity index (χ0v) is 21.7. The predicted octanol–water partition coefficient (Wildman–Crippen LogP) is -1.85. The van der Waals surface area contributed by atoms with Crippen LogP contribution in [0.3, 0.4) is 0 Å². The van der Waals surface area contributed by atoms with Crippen LogP contribution in [0, 0.1) is 0 Å². The van der Waals surface area contributed by atoms with Crippen LogP contribution in [0.15, 0.2) is 18.2 Å². The maximum atomic E-state index is 11.1. The first-order chi connectivity index (χ1) is 19.1. The number of methoxy groups -OCH3 is 1. The van der Waals surface area contributed by atoms with Crippen molar-refractivity contribution in [3.05, 3.63) is 29.3 Å². The van der Waals surface area contributed by atoms with Gasteiger partial charge >= 0.3 is 0 Å². The number of phenols is 1. The molecular weight excluding hydrogens is 536 g/mol. The van der Waals surface area contributed by atoms with Crippen molar-refractivity contribution in [1.29, 1.82) is 0 Å². The number of aliphatic hydroxyl groups is 7. The van der Waals surface area contributed by atoms with Crippen LogP contribution in [-0.4, -0.2) is 123 Å². The lowest BCUT2D eigenvalue weighted by atomic mass is 9.95. The minimum Gasteiger partial charge on any atom is -0.507 e. The predicted molar refractivity (Wildman–Crippen MR) is 132 cm³/mol. The average molecular weight is 571 g/mol. The fraction of sp³-hybridized carbons (Fsp3) is 0.615. The van der Waals surface area contributed by atoms with Gasteiger partial charge in [-0.15, -0.1) is 0 Å². The van der Waals surface area contributed by atoms with Gasteiger partial charge in [-0.05, 0) is 13.0 Å². The van der Waals surface area contributed by atoms with E-state index in [4.69, 9.17) is 28.4 Å². The van der Waals surface area contributed by atoms with Gasteiger partial charge in [0.25, 0.3) is 0 Å². The maximum Gasteiger partial charge on any atom is 0.229 e. The fourth-order valence-corrected chi connectivity index (χ4v) is 5.37. The molecule has 222 valence electrons. The number of hydrogen-bond donors (Lipinski definition) is 8. The topological polar surface area (TPSA) is 217 Å². The molecule has 2 saturated heterocycles. The van der Waals surface area contributed by atoms with E-state index in [1.165, 1.54) is 7.11 Å². The molecule has 8 N–H and O–H groups in total. The van der Waals surface area contributed by atoms with Crippen LogP contribution in [0.4, 0.5) is 0 Å². The van der Waals surface area contributed by atoms with Gasteiger partial charge in [0.2, 0.25) is 6.29 Å². The lowest BCUT2D eigenvalue weighted by molar-refractivity contribution is -0.323. The molecule has 3 aliphatic heterocycles. The van der Waals surface area contributed by atoms with Gasteiger partial charge < -0.3 is 69.3 Å². The fourth-order valence-electron chi connectivity index (χ4n) is 5.37. The van der Waals surface area contributed by atoms with E-state index in [-0.39, 0.29) is 18.1 Å². The Kier molecular flexibility index (Phi) is 8.39. The second kappa shape index (κ2) is 11.5.